The maximum atomic E-state index is 13.1. The van der Waals surface area contributed by atoms with Gasteiger partial charge in [-0.1, -0.05) is 0 Å². The van der Waals surface area contributed by atoms with Gasteiger partial charge in [0.2, 0.25) is 5.91 Å². The number of carbonyl (C=O) groups is 1. The van der Waals surface area contributed by atoms with Gasteiger partial charge in [-0.25, -0.2) is 0 Å². The fraction of sp³-hybridized carbons (Fsp3) is 0.700. The zero-order valence-corrected chi connectivity index (χ0v) is 16.8. The third-order valence-corrected chi connectivity index (χ3v) is 7.84. The predicted octanol–water partition coefficient (Wildman–Crippen LogP) is 3.73. The van der Waals surface area contributed by atoms with Crippen LogP contribution in [0.25, 0.3) is 0 Å². The molecule has 5 heteroatoms. The number of amides is 1. The van der Waals surface area contributed by atoms with Gasteiger partial charge in [0.25, 0.3) is 0 Å². The fourth-order valence-electron chi connectivity index (χ4n) is 5.56. The Morgan fingerprint density at radius 2 is 1.80 bits per heavy atom. The van der Waals surface area contributed by atoms with Gasteiger partial charge in [-0.15, -0.1) is 0 Å². The van der Waals surface area contributed by atoms with Crippen molar-refractivity contribution in [1.82, 2.24) is 9.88 Å². The molecule has 1 aromatic rings. The molecule has 134 valence electrons. The molecule has 4 aliphatic rings. The Balaban J connectivity index is 1.39. The molecule has 2 aliphatic heterocycles. The van der Waals surface area contributed by atoms with Crippen molar-refractivity contribution in [2.24, 2.45) is 11.8 Å². The van der Waals surface area contributed by atoms with Crippen LogP contribution >= 0.6 is 15.9 Å². The van der Waals surface area contributed by atoms with Gasteiger partial charge in [-0.2, -0.15) is 0 Å². The second-order valence-electron chi connectivity index (χ2n) is 9.38. The van der Waals surface area contributed by atoms with Crippen molar-refractivity contribution in [2.45, 2.75) is 63.5 Å². The van der Waals surface area contributed by atoms with Gasteiger partial charge >= 0.3 is 0 Å². The minimum Gasteiger partial charge on any atom is -0.307 e. The van der Waals surface area contributed by atoms with Crippen molar-refractivity contribution < 1.29 is 4.79 Å². The highest BCUT2D eigenvalue weighted by Crippen LogP contribution is 2.52. The van der Waals surface area contributed by atoms with Crippen molar-refractivity contribution in [3.8, 4) is 0 Å². The Labute approximate surface area is 158 Å². The zero-order chi connectivity index (χ0) is 17.6. The fourth-order valence-corrected chi connectivity index (χ4v) is 5.88. The number of carbonyl (C=O) groups excluding carboxylic acids is 1. The summed E-state index contributed by atoms with van der Waals surface area (Å²) in [5, 5.41) is 0. The average molecular weight is 404 g/mol. The lowest BCUT2D eigenvalue weighted by Gasteiger charge is -2.54. The first-order chi connectivity index (χ1) is 11.8. The molecule has 4 nitrogen and oxygen atoms in total. The minimum absolute atomic E-state index is 0.210. The van der Waals surface area contributed by atoms with Gasteiger partial charge in [-0.3, -0.25) is 14.7 Å². The smallest absolute Gasteiger partial charge is 0.239 e. The SMILES string of the molecule is CC1(C)C(=O)N(C2CC(C)(N3CC4CCC4C3)C2)c2cc(Br)cnc21. The van der Waals surface area contributed by atoms with Gasteiger partial charge in [0, 0.05) is 35.3 Å². The Kier molecular flexibility index (Phi) is 3.29. The van der Waals surface area contributed by atoms with Gasteiger partial charge in [0.15, 0.2) is 0 Å². The molecule has 0 N–H and O–H groups in total. The van der Waals surface area contributed by atoms with Crippen LogP contribution in [0.4, 0.5) is 5.69 Å². The number of hydrogen-bond acceptors (Lipinski definition) is 3. The molecule has 0 bridgehead atoms. The Morgan fingerprint density at radius 3 is 2.40 bits per heavy atom. The largest absolute Gasteiger partial charge is 0.307 e. The molecule has 5 rings (SSSR count). The van der Waals surface area contributed by atoms with Crippen LogP contribution in [0.2, 0.25) is 0 Å². The molecule has 1 amide bonds. The van der Waals surface area contributed by atoms with Crippen LogP contribution in [0.3, 0.4) is 0 Å². The van der Waals surface area contributed by atoms with E-state index in [9.17, 15) is 4.79 Å². The summed E-state index contributed by atoms with van der Waals surface area (Å²) in [4.78, 5) is 22.5. The lowest BCUT2D eigenvalue weighted by molar-refractivity contribution is -0.123. The molecule has 2 saturated carbocycles. The van der Waals surface area contributed by atoms with Crippen LogP contribution in [-0.4, -0.2) is 40.5 Å². The topological polar surface area (TPSA) is 36.4 Å². The number of likely N-dealkylation sites (tertiary alicyclic amines) is 1. The number of halogens is 1. The van der Waals surface area contributed by atoms with Crippen LogP contribution in [0.1, 0.15) is 52.1 Å². The number of fused-ring (bicyclic) bond motifs is 2. The highest BCUT2D eigenvalue weighted by molar-refractivity contribution is 9.10. The molecule has 0 spiro atoms. The summed E-state index contributed by atoms with van der Waals surface area (Å²) in [5.74, 6) is 2.11. The molecular weight excluding hydrogens is 378 g/mol. The molecule has 0 aromatic carbocycles. The highest BCUT2D eigenvalue weighted by Gasteiger charge is 2.56. The summed E-state index contributed by atoms with van der Waals surface area (Å²) in [6.45, 7) is 8.96. The van der Waals surface area contributed by atoms with E-state index in [1.54, 1.807) is 0 Å². The highest BCUT2D eigenvalue weighted by atomic mass is 79.9. The quantitative estimate of drug-likeness (QED) is 0.754. The summed E-state index contributed by atoms with van der Waals surface area (Å²) >= 11 is 3.53. The van der Waals surface area contributed by atoms with Crippen LogP contribution < -0.4 is 4.90 Å². The average Bonchev–Trinajstić information content (AvgIpc) is 2.89. The molecule has 3 heterocycles. The van der Waals surface area contributed by atoms with Gasteiger partial charge in [0.1, 0.15) is 0 Å². The maximum Gasteiger partial charge on any atom is 0.239 e. The number of pyridine rings is 1. The Morgan fingerprint density at radius 1 is 1.16 bits per heavy atom. The molecule has 1 saturated heterocycles. The van der Waals surface area contributed by atoms with E-state index < -0.39 is 5.41 Å². The van der Waals surface area contributed by atoms with E-state index in [1.165, 1.54) is 25.9 Å². The zero-order valence-electron chi connectivity index (χ0n) is 15.3. The molecule has 2 atom stereocenters. The first-order valence-corrected chi connectivity index (χ1v) is 10.3. The second-order valence-corrected chi connectivity index (χ2v) is 10.3. The molecule has 0 radical (unpaired) electrons. The first-order valence-electron chi connectivity index (χ1n) is 9.54. The third kappa shape index (κ3) is 2.14. The van der Waals surface area contributed by atoms with Crippen molar-refractivity contribution >= 4 is 27.5 Å². The second kappa shape index (κ2) is 5.07. The summed E-state index contributed by atoms with van der Waals surface area (Å²) in [6, 6.07) is 2.38. The van der Waals surface area contributed by atoms with Crippen LogP contribution in [-0.2, 0) is 10.2 Å². The molecule has 3 fully saturated rings. The first kappa shape index (κ1) is 16.2. The molecule has 25 heavy (non-hydrogen) atoms. The van der Waals surface area contributed by atoms with Crippen molar-refractivity contribution in [3.05, 3.63) is 22.4 Å². The standard InChI is InChI=1S/C20H26BrN3O/c1-19(2)17-16(6-14(21)9-22-17)24(18(19)25)15-7-20(3,8-15)23-10-12-4-5-13(12)11-23/h6,9,12-13,15H,4-5,7-8,10-11H2,1-3H3. The van der Waals surface area contributed by atoms with Crippen molar-refractivity contribution in [2.75, 3.05) is 18.0 Å². The van der Waals surface area contributed by atoms with E-state index in [1.807, 2.05) is 20.0 Å². The predicted molar refractivity (Wildman–Crippen MR) is 102 cm³/mol. The maximum absolute atomic E-state index is 13.1. The van der Waals surface area contributed by atoms with Crippen molar-refractivity contribution in [1.29, 1.82) is 0 Å². The third-order valence-electron chi connectivity index (χ3n) is 7.40. The lowest BCUT2D eigenvalue weighted by Crippen LogP contribution is -2.62. The number of aromatic nitrogens is 1. The van der Waals surface area contributed by atoms with E-state index in [4.69, 9.17) is 0 Å². The summed E-state index contributed by atoms with van der Waals surface area (Å²) in [7, 11) is 0. The number of rotatable bonds is 2. The van der Waals surface area contributed by atoms with Gasteiger partial charge in [-0.05, 0) is 80.3 Å². The van der Waals surface area contributed by atoms with E-state index in [-0.39, 0.29) is 11.4 Å². The monoisotopic (exact) mass is 403 g/mol. The van der Waals surface area contributed by atoms with Crippen molar-refractivity contribution in [3.63, 3.8) is 0 Å². The molecular formula is C20H26BrN3O. The normalized spacial score (nSPS) is 39.0. The Hall–Kier alpha value is -0.940. The Bertz CT molecular complexity index is 743. The van der Waals surface area contributed by atoms with E-state index in [2.05, 4.69) is 43.7 Å². The number of anilines is 1. The van der Waals surface area contributed by atoms with E-state index in [0.29, 0.717) is 6.04 Å². The number of nitrogens with zero attached hydrogens (tertiary/aromatic N) is 3. The van der Waals surface area contributed by atoms with Crippen LogP contribution in [0, 0.1) is 11.8 Å². The summed E-state index contributed by atoms with van der Waals surface area (Å²) in [6.07, 6.45) is 6.82. The number of hydrogen-bond donors (Lipinski definition) is 0. The molecule has 1 aromatic heterocycles. The summed E-state index contributed by atoms with van der Waals surface area (Å²) in [5.41, 5.74) is 1.69. The van der Waals surface area contributed by atoms with Gasteiger partial charge < -0.3 is 4.90 Å². The van der Waals surface area contributed by atoms with E-state index in [0.717, 1.165) is 40.5 Å². The van der Waals surface area contributed by atoms with Crippen LogP contribution in [0.15, 0.2) is 16.7 Å². The minimum atomic E-state index is -0.519. The van der Waals surface area contributed by atoms with Gasteiger partial charge in [0.05, 0.1) is 16.8 Å². The molecule has 2 unspecified atom stereocenters. The summed E-state index contributed by atoms with van der Waals surface area (Å²) < 4.78 is 0.944. The molecule has 2 aliphatic carbocycles. The lowest BCUT2D eigenvalue weighted by atomic mass is 9.72. The van der Waals surface area contributed by atoms with Crippen LogP contribution in [0.5, 0.6) is 0 Å². The van der Waals surface area contributed by atoms with E-state index >= 15 is 0 Å².